The van der Waals surface area contributed by atoms with Gasteiger partial charge in [0.15, 0.2) is 0 Å². The third kappa shape index (κ3) is 5.57. The molecule has 1 atom stereocenters. The molecule has 0 aliphatic rings. The maximum Gasteiger partial charge on any atom is 0.261 e. The van der Waals surface area contributed by atoms with Gasteiger partial charge in [-0.05, 0) is 50.8 Å². The predicted octanol–water partition coefficient (Wildman–Crippen LogP) is 2.21. The Morgan fingerprint density at radius 2 is 1.81 bits per heavy atom. The van der Waals surface area contributed by atoms with Crippen LogP contribution in [0.3, 0.4) is 0 Å². The summed E-state index contributed by atoms with van der Waals surface area (Å²) in [6.45, 7) is 2.35. The van der Waals surface area contributed by atoms with Gasteiger partial charge in [0.1, 0.15) is 5.75 Å². The average Bonchev–Trinajstić information content (AvgIpc) is 3.06. The second-order valence-electron chi connectivity index (χ2n) is 6.15. The van der Waals surface area contributed by atoms with Crippen LogP contribution >= 0.6 is 11.3 Å². The van der Waals surface area contributed by atoms with Crippen LogP contribution in [0.4, 0.5) is 0 Å². The average molecular weight is 375 g/mol. The smallest absolute Gasteiger partial charge is 0.261 e. The Morgan fingerprint density at radius 3 is 2.35 bits per heavy atom. The first-order valence-corrected chi connectivity index (χ1v) is 9.14. The number of hydrogen-bond acceptors (Lipinski definition) is 5. The second-order valence-corrected chi connectivity index (χ2v) is 7.44. The fourth-order valence-corrected chi connectivity index (χ4v) is 3.29. The lowest BCUT2D eigenvalue weighted by Gasteiger charge is -2.25. The number of rotatable bonds is 8. The molecule has 2 N–H and O–H groups in total. The molecule has 1 heterocycles. The zero-order valence-electron chi connectivity index (χ0n) is 15.5. The third-order valence-electron chi connectivity index (χ3n) is 3.99. The number of nitrogens with zero attached hydrogens (tertiary/aromatic N) is 1. The number of likely N-dealkylation sites (N-methyl/N-ethyl adjacent to an activating group) is 1. The highest BCUT2D eigenvalue weighted by molar-refractivity contribution is 7.13. The van der Waals surface area contributed by atoms with Gasteiger partial charge >= 0.3 is 0 Å². The van der Waals surface area contributed by atoms with Crippen molar-refractivity contribution in [1.82, 2.24) is 15.5 Å². The van der Waals surface area contributed by atoms with E-state index in [0.717, 1.165) is 16.2 Å². The van der Waals surface area contributed by atoms with Gasteiger partial charge in [-0.25, -0.2) is 0 Å². The van der Waals surface area contributed by atoms with Crippen molar-refractivity contribution < 1.29 is 14.3 Å². The number of aryl methyl sites for hydroxylation is 1. The van der Waals surface area contributed by atoms with Crippen molar-refractivity contribution in [2.45, 2.75) is 13.0 Å². The van der Waals surface area contributed by atoms with E-state index in [9.17, 15) is 9.59 Å². The number of thiophene rings is 1. The summed E-state index contributed by atoms with van der Waals surface area (Å²) < 4.78 is 5.18. The fraction of sp³-hybridized carbons (Fsp3) is 0.368. The Morgan fingerprint density at radius 1 is 1.12 bits per heavy atom. The van der Waals surface area contributed by atoms with E-state index in [1.807, 2.05) is 56.3 Å². The van der Waals surface area contributed by atoms with Crippen LogP contribution in [0.5, 0.6) is 5.75 Å². The maximum atomic E-state index is 12.1. The van der Waals surface area contributed by atoms with Gasteiger partial charge in [-0.2, -0.15) is 0 Å². The molecule has 1 aromatic carbocycles. The second kappa shape index (κ2) is 9.35. The molecule has 0 fully saturated rings. The van der Waals surface area contributed by atoms with Crippen molar-refractivity contribution in [3.8, 4) is 5.75 Å². The van der Waals surface area contributed by atoms with Gasteiger partial charge in [0.05, 0.1) is 24.6 Å². The Hall–Kier alpha value is -2.38. The first-order valence-electron chi connectivity index (χ1n) is 8.32. The molecule has 0 aliphatic carbocycles. The molecule has 7 heteroatoms. The van der Waals surface area contributed by atoms with Crippen molar-refractivity contribution in [1.29, 1.82) is 0 Å². The summed E-state index contributed by atoms with van der Waals surface area (Å²) in [6, 6.07) is 11.4. The minimum Gasteiger partial charge on any atom is -0.497 e. The normalized spacial score (nSPS) is 11.9. The van der Waals surface area contributed by atoms with Crippen LogP contribution in [0, 0.1) is 6.92 Å². The van der Waals surface area contributed by atoms with Gasteiger partial charge in [0.25, 0.3) is 5.91 Å². The van der Waals surface area contributed by atoms with E-state index in [1.54, 1.807) is 13.2 Å². The van der Waals surface area contributed by atoms with E-state index in [2.05, 4.69) is 10.6 Å². The Kier molecular flexibility index (Phi) is 7.17. The maximum absolute atomic E-state index is 12.1. The Bertz CT molecular complexity index is 741. The van der Waals surface area contributed by atoms with E-state index < -0.39 is 0 Å². The van der Waals surface area contributed by atoms with E-state index in [-0.39, 0.29) is 24.4 Å². The Labute approximate surface area is 158 Å². The molecule has 0 saturated carbocycles. The van der Waals surface area contributed by atoms with Crippen molar-refractivity contribution >= 4 is 23.2 Å². The molecule has 0 saturated heterocycles. The zero-order chi connectivity index (χ0) is 19.1. The number of ether oxygens (including phenoxy) is 1. The number of nitrogens with one attached hydrogen (secondary N) is 2. The molecule has 6 nitrogen and oxygen atoms in total. The molecule has 0 bridgehead atoms. The summed E-state index contributed by atoms with van der Waals surface area (Å²) in [4.78, 5) is 27.8. The minimum atomic E-state index is -0.224. The summed E-state index contributed by atoms with van der Waals surface area (Å²) in [7, 11) is 5.55. The molecule has 26 heavy (non-hydrogen) atoms. The highest BCUT2D eigenvalue weighted by Crippen LogP contribution is 2.20. The minimum absolute atomic E-state index is 0.0282. The van der Waals surface area contributed by atoms with Gasteiger partial charge in [-0.1, -0.05) is 12.1 Å². The molecular formula is C19H25N3O3S. The third-order valence-corrected chi connectivity index (χ3v) is 4.99. The highest BCUT2D eigenvalue weighted by Gasteiger charge is 2.16. The van der Waals surface area contributed by atoms with Crippen molar-refractivity contribution in [2.75, 3.05) is 34.3 Å². The van der Waals surface area contributed by atoms with Gasteiger partial charge < -0.3 is 20.3 Å². The number of carbonyl (C=O) groups is 2. The molecule has 0 spiro atoms. The monoisotopic (exact) mass is 375 g/mol. The zero-order valence-corrected chi connectivity index (χ0v) is 16.4. The number of hydrogen-bond donors (Lipinski definition) is 2. The van der Waals surface area contributed by atoms with Crippen LogP contribution in [0.1, 0.15) is 26.2 Å². The van der Waals surface area contributed by atoms with Crippen molar-refractivity contribution in [3.63, 3.8) is 0 Å². The first kappa shape index (κ1) is 19.9. The highest BCUT2D eigenvalue weighted by atomic mass is 32.1. The lowest BCUT2D eigenvalue weighted by molar-refractivity contribution is -0.120. The van der Waals surface area contributed by atoms with E-state index in [4.69, 9.17) is 4.74 Å². The van der Waals surface area contributed by atoms with Crippen molar-refractivity contribution in [3.05, 3.63) is 51.7 Å². The molecule has 0 radical (unpaired) electrons. The van der Waals surface area contributed by atoms with Crippen molar-refractivity contribution in [2.24, 2.45) is 0 Å². The number of amides is 2. The quantitative estimate of drug-likeness (QED) is 0.742. The summed E-state index contributed by atoms with van der Waals surface area (Å²) in [6.07, 6.45) is 0. The van der Waals surface area contributed by atoms with E-state index in [0.29, 0.717) is 11.4 Å². The molecular weight excluding hydrogens is 350 g/mol. The van der Waals surface area contributed by atoms with Gasteiger partial charge in [-0.15, -0.1) is 11.3 Å². The summed E-state index contributed by atoms with van der Waals surface area (Å²) in [5.41, 5.74) is 1.08. The lowest BCUT2D eigenvalue weighted by atomic mass is 10.1. The topological polar surface area (TPSA) is 70.7 Å². The summed E-state index contributed by atoms with van der Waals surface area (Å²) in [5.74, 6) is 0.353. The van der Waals surface area contributed by atoms with Crippen LogP contribution in [-0.4, -0.2) is 51.0 Å². The number of carbonyl (C=O) groups excluding carboxylic acids is 2. The van der Waals surface area contributed by atoms with Gasteiger partial charge in [0, 0.05) is 11.4 Å². The lowest BCUT2D eigenvalue weighted by Crippen LogP contribution is -2.40. The first-order chi connectivity index (χ1) is 12.4. The molecule has 2 rings (SSSR count). The van der Waals surface area contributed by atoms with Gasteiger partial charge in [-0.3, -0.25) is 9.59 Å². The number of benzene rings is 1. The molecule has 1 unspecified atom stereocenters. The van der Waals surface area contributed by atoms with Crippen LogP contribution in [-0.2, 0) is 4.79 Å². The largest absolute Gasteiger partial charge is 0.497 e. The van der Waals surface area contributed by atoms with Gasteiger partial charge in [0.2, 0.25) is 5.91 Å². The standard InChI is InChI=1S/C19H25N3O3S/c1-13-5-10-17(26-13)19(24)21-12-18(23)20-11-16(22(2)3)14-6-8-15(25-4)9-7-14/h5-10,16H,11-12H2,1-4H3,(H,20,23)(H,21,24). The van der Waals surface area contributed by atoms with Crippen LogP contribution in [0.2, 0.25) is 0 Å². The predicted molar refractivity (Wildman–Crippen MR) is 104 cm³/mol. The SMILES string of the molecule is COc1ccc(C(CNC(=O)CNC(=O)c2ccc(C)s2)N(C)C)cc1. The number of methoxy groups -OCH3 is 1. The molecule has 1 aromatic heterocycles. The van der Waals surface area contributed by atoms with Crippen LogP contribution in [0.25, 0.3) is 0 Å². The fourth-order valence-electron chi connectivity index (χ4n) is 2.50. The van der Waals surface area contributed by atoms with Crippen LogP contribution < -0.4 is 15.4 Å². The molecule has 2 amide bonds. The summed E-state index contributed by atoms with van der Waals surface area (Å²) in [5, 5.41) is 5.53. The summed E-state index contributed by atoms with van der Waals surface area (Å²) >= 11 is 1.41. The molecule has 140 valence electrons. The Balaban J connectivity index is 1.85. The van der Waals surface area contributed by atoms with E-state index in [1.165, 1.54) is 11.3 Å². The molecule has 2 aromatic rings. The van der Waals surface area contributed by atoms with Crippen LogP contribution in [0.15, 0.2) is 36.4 Å². The van der Waals surface area contributed by atoms with E-state index >= 15 is 0 Å². The molecule has 0 aliphatic heterocycles.